The molecule has 1 aromatic rings. The molecule has 0 aliphatic rings. The summed E-state index contributed by atoms with van der Waals surface area (Å²) in [6, 6.07) is 7.48. The lowest BCUT2D eigenvalue weighted by Crippen LogP contribution is -2.53. The van der Waals surface area contributed by atoms with E-state index in [1.165, 1.54) is 0 Å². The first-order chi connectivity index (χ1) is 8.88. The van der Waals surface area contributed by atoms with Gasteiger partial charge in [0, 0.05) is 0 Å². The standard InChI is InChI=1S/C14H20N2O3/c1-3-9-14(2,15)13(19)16-11(12(17)18)10-7-5-4-6-8-10/h4-8,11H,3,9,15H2,1-2H3,(H,16,19)(H,17,18)/t11-,14?/m0/s1. The van der Waals surface area contributed by atoms with Crippen LogP contribution in [0.5, 0.6) is 0 Å². The van der Waals surface area contributed by atoms with Crippen molar-refractivity contribution in [1.29, 1.82) is 0 Å². The molecule has 19 heavy (non-hydrogen) atoms. The SMILES string of the molecule is CCCC(C)(N)C(=O)N[C@H](C(=O)O)c1ccccc1. The van der Waals surface area contributed by atoms with Crippen LogP contribution in [-0.4, -0.2) is 22.5 Å². The van der Waals surface area contributed by atoms with Crippen LogP contribution in [0.2, 0.25) is 0 Å². The van der Waals surface area contributed by atoms with E-state index >= 15 is 0 Å². The maximum atomic E-state index is 12.0. The highest BCUT2D eigenvalue weighted by Gasteiger charge is 2.31. The van der Waals surface area contributed by atoms with Crippen molar-refractivity contribution in [3.8, 4) is 0 Å². The Morgan fingerprint density at radius 1 is 1.37 bits per heavy atom. The van der Waals surface area contributed by atoms with E-state index in [1.807, 2.05) is 6.92 Å². The predicted octanol–water partition coefficient (Wildman–Crippen LogP) is 1.45. The fourth-order valence-electron chi connectivity index (χ4n) is 1.86. The molecule has 1 aromatic carbocycles. The number of carboxylic acids is 1. The Morgan fingerprint density at radius 2 is 1.95 bits per heavy atom. The summed E-state index contributed by atoms with van der Waals surface area (Å²) in [4.78, 5) is 23.3. The molecule has 0 heterocycles. The Labute approximate surface area is 112 Å². The third-order valence-electron chi connectivity index (χ3n) is 2.94. The van der Waals surface area contributed by atoms with Crippen LogP contribution in [0, 0.1) is 0 Å². The second-order valence-electron chi connectivity index (χ2n) is 4.82. The van der Waals surface area contributed by atoms with Gasteiger partial charge in [0.05, 0.1) is 5.54 Å². The molecule has 5 nitrogen and oxygen atoms in total. The first-order valence-electron chi connectivity index (χ1n) is 6.26. The van der Waals surface area contributed by atoms with E-state index in [2.05, 4.69) is 5.32 Å². The number of carbonyl (C=O) groups excluding carboxylic acids is 1. The van der Waals surface area contributed by atoms with Gasteiger partial charge in [-0.25, -0.2) is 4.79 Å². The minimum Gasteiger partial charge on any atom is -0.479 e. The number of rotatable bonds is 6. The van der Waals surface area contributed by atoms with Crippen LogP contribution in [0.25, 0.3) is 0 Å². The Kier molecular flexibility index (Phi) is 5.06. The van der Waals surface area contributed by atoms with E-state index < -0.39 is 23.5 Å². The quantitative estimate of drug-likeness (QED) is 0.725. The van der Waals surface area contributed by atoms with Gasteiger partial charge in [-0.15, -0.1) is 0 Å². The lowest BCUT2D eigenvalue weighted by atomic mass is 9.95. The summed E-state index contributed by atoms with van der Waals surface area (Å²) in [5.41, 5.74) is 5.36. The van der Waals surface area contributed by atoms with Crippen LogP contribution in [-0.2, 0) is 9.59 Å². The van der Waals surface area contributed by atoms with Gasteiger partial charge in [0.25, 0.3) is 0 Å². The third-order valence-corrected chi connectivity index (χ3v) is 2.94. The molecule has 1 unspecified atom stereocenters. The highest BCUT2D eigenvalue weighted by molar-refractivity contribution is 5.90. The van der Waals surface area contributed by atoms with Crippen LogP contribution < -0.4 is 11.1 Å². The number of hydrogen-bond donors (Lipinski definition) is 3. The number of benzene rings is 1. The summed E-state index contributed by atoms with van der Waals surface area (Å²) < 4.78 is 0. The molecule has 0 aliphatic heterocycles. The minimum absolute atomic E-state index is 0.453. The topological polar surface area (TPSA) is 92.4 Å². The highest BCUT2D eigenvalue weighted by Crippen LogP contribution is 2.16. The van der Waals surface area contributed by atoms with Crippen molar-refractivity contribution in [3.63, 3.8) is 0 Å². The molecule has 2 atom stereocenters. The fraction of sp³-hybridized carbons (Fsp3) is 0.429. The molecule has 0 bridgehead atoms. The molecule has 5 heteroatoms. The zero-order valence-corrected chi connectivity index (χ0v) is 11.2. The Hall–Kier alpha value is -1.88. The van der Waals surface area contributed by atoms with E-state index in [1.54, 1.807) is 37.3 Å². The Bertz CT molecular complexity index is 443. The molecule has 0 radical (unpaired) electrons. The van der Waals surface area contributed by atoms with Gasteiger partial charge in [0.2, 0.25) is 5.91 Å². The van der Waals surface area contributed by atoms with Crippen molar-refractivity contribution < 1.29 is 14.7 Å². The van der Waals surface area contributed by atoms with Crippen molar-refractivity contribution in [2.75, 3.05) is 0 Å². The summed E-state index contributed by atoms with van der Waals surface area (Å²) in [6.07, 6.45) is 1.25. The summed E-state index contributed by atoms with van der Waals surface area (Å²) in [7, 11) is 0. The first-order valence-corrected chi connectivity index (χ1v) is 6.26. The van der Waals surface area contributed by atoms with Gasteiger partial charge < -0.3 is 16.2 Å². The molecule has 0 saturated heterocycles. The molecular formula is C14H20N2O3. The van der Waals surface area contributed by atoms with Gasteiger partial charge in [-0.1, -0.05) is 43.7 Å². The van der Waals surface area contributed by atoms with Crippen molar-refractivity contribution in [3.05, 3.63) is 35.9 Å². The van der Waals surface area contributed by atoms with E-state index in [4.69, 9.17) is 5.73 Å². The van der Waals surface area contributed by atoms with Crippen molar-refractivity contribution in [2.24, 2.45) is 5.73 Å². The normalized spacial score (nSPS) is 15.3. The third kappa shape index (κ3) is 4.06. The monoisotopic (exact) mass is 264 g/mol. The van der Waals surface area contributed by atoms with Gasteiger partial charge in [-0.2, -0.15) is 0 Å². The summed E-state index contributed by atoms with van der Waals surface area (Å²) in [5.74, 6) is -1.56. The molecule has 0 spiro atoms. The number of carbonyl (C=O) groups is 2. The van der Waals surface area contributed by atoms with E-state index in [0.29, 0.717) is 12.0 Å². The largest absolute Gasteiger partial charge is 0.479 e. The second kappa shape index (κ2) is 6.33. The first kappa shape index (κ1) is 15.2. The molecule has 1 rings (SSSR count). The van der Waals surface area contributed by atoms with Gasteiger partial charge in [0.1, 0.15) is 0 Å². The van der Waals surface area contributed by atoms with E-state index in [9.17, 15) is 14.7 Å². The molecule has 104 valence electrons. The lowest BCUT2D eigenvalue weighted by Gasteiger charge is -2.25. The molecule has 0 saturated carbocycles. The number of nitrogens with two attached hydrogens (primary N) is 1. The smallest absolute Gasteiger partial charge is 0.330 e. The van der Waals surface area contributed by atoms with Crippen molar-refractivity contribution >= 4 is 11.9 Å². The molecule has 0 aliphatic carbocycles. The molecule has 4 N–H and O–H groups in total. The summed E-state index contributed by atoms with van der Waals surface area (Å²) in [5, 5.41) is 11.7. The average molecular weight is 264 g/mol. The van der Waals surface area contributed by atoms with Gasteiger partial charge in [-0.3, -0.25) is 4.79 Å². The Morgan fingerprint density at radius 3 is 2.42 bits per heavy atom. The van der Waals surface area contributed by atoms with Gasteiger partial charge in [-0.05, 0) is 18.9 Å². The zero-order chi connectivity index (χ0) is 14.5. The van der Waals surface area contributed by atoms with Crippen LogP contribution in [0.4, 0.5) is 0 Å². The molecule has 1 amide bonds. The fourth-order valence-corrected chi connectivity index (χ4v) is 1.86. The Balaban J connectivity index is 2.87. The van der Waals surface area contributed by atoms with Crippen LogP contribution in [0.3, 0.4) is 0 Å². The number of carboxylic acid groups (broad SMARTS) is 1. The number of amides is 1. The van der Waals surface area contributed by atoms with Gasteiger partial charge in [0.15, 0.2) is 6.04 Å². The number of nitrogens with one attached hydrogen (secondary N) is 1. The predicted molar refractivity (Wildman–Crippen MR) is 72.5 cm³/mol. The maximum Gasteiger partial charge on any atom is 0.330 e. The summed E-state index contributed by atoms with van der Waals surface area (Å²) >= 11 is 0. The zero-order valence-electron chi connectivity index (χ0n) is 11.2. The summed E-state index contributed by atoms with van der Waals surface area (Å²) in [6.45, 7) is 3.53. The molecule has 0 fully saturated rings. The van der Waals surface area contributed by atoms with Crippen LogP contribution in [0.1, 0.15) is 38.3 Å². The van der Waals surface area contributed by atoms with Crippen molar-refractivity contribution in [1.82, 2.24) is 5.32 Å². The van der Waals surface area contributed by atoms with Crippen molar-refractivity contribution in [2.45, 2.75) is 38.3 Å². The van der Waals surface area contributed by atoms with E-state index in [-0.39, 0.29) is 0 Å². The molecular weight excluding hydrogens is 244 g/mol. The number of hydrogen-bond acceptors (Lipinski definition) is 3. The minimum atomic E-state index is -1.10. The molecule has 0 aromatic heterocycles. The maximum absolute atomic E-state index is 12.0. The number of aliphatic carboxylic acids is 1. The average Bonchev–Trinajstić information content (AvgIpc) is 2.36. The van der Waals surface area contributed by atoms with Gasteiger partial charge >= 0.3 is 5.97 Å². The van der Waals surface area contributed by atoms with E-state index in [0.717, 1.165) is 6.42 Å². The second-order valence-corrected chi connectivity index (χ2v) is 4.82. The lowest BCUT2D eigenvalue weighted by molar-refractivity contribution is -0.142. The van der Waals surface area contributed by atoms with Crippen LogP contribution >= 0.6 is 0 Å². The van der Waals surface area contributed by atoms with Crippen LogP contribution in [0.15, 0.2) is 30.3 Å². The highest BCUT2D eigenvalue weighted by atomic mass is 16.4.